The number of hydrogen-bond acceptors (Lipinski definition) is 3. The molecule has 0 bridgehead atoms. The fourth-order valence-corrected chi connectivity index (χ4v) is 1.17. The van der Waals surface area contributed by atoms with Gasteiger partial charge in [-0.25, -0.2) is 4.79 Å². The maximum absolute atomic E-state index is 11.2. The molecule has 2 amide bonds. The first-order valence-electron chi connectivity index (χ1n) is 4.37. The van der Waals surface area contributed by atoms with Gasteiger partial charge in [-0.2, -0.15) is 0 Å². The lowest BCUT2D eigenvalue weighted by Gasteiger charge is -2.09. The highest BCUT2D eigenvalue weighted by Gasteiger charge is 2.08. The molecule has 0 saturated heterocycles. The number of anilines is 2. The molecule has 0 unspecified atom stereocenters. The van der Waals surface area contributed by atoms with E-state index in [-0.39, 0.29) is 22.1 Å². The van der Waals surface area contributed by atoms with Crippen LogP contribution in [0.4, 0.5) is 16.2 Å². The molecule has 82 valence electrons. The Morgan fingerprint density at radius 2 is 2.27 bits per heavy atom. The molecule has 6 heteroatoms. The van der Waals surface area contributed by atoms with E-state index in [0.29, 0.717) is 6.54 Å². The maximum atomic E-state index is 11.2. The first kappa shape index (κ1) is 11.5. The zero-order chi connectivity index (χ0) is 11.4. The third-order valence-corrected chi connectivity index (χ3v) is 2.03. The number of hydrogen-bond donors (Lipinski definition) is 4. The van der Waals surface area contributed by atoms with Crippen LogP contribution in [0.15, 0.2) is 12.1 Å². The molecule has 0 aromatic heterocycles. The minimum atomic E-state index is -0.409. The standard InChI is InChI=1S/C9H12ClN3O2/c1-2-12-9(15)13-7-3-5(10)6(11)4-8(7)14/h3-4,14H,2,11H2,1H3,(H2,12,13,15). The third-order valence-electron chi connectivity index (χ3n) is 1.70. The topological polar surface area (TPSA) is 87.4 Å². The van der Waals surface area contributed by atoms with Crippen molar-refractivity contribution >= 4 is 29.0 Å². The quantitative estimate of drug-likeness (QED) is 0.460. The normalized spacial score (nSPS) is 9.73. The highest BCUT2D eigenvalue weighted by atomic mass is 35.5. The Labute approximate surface area is 92.2 Å². The second kappa shape index (κ2) is 4.75. The van der Waals surface area contributed by atoms with Gasteiger partial charge >= 0.3 is 6.03 Å². The predicted octanol–water partition coefficient (Wildman–Crippen LogP) is 1.77. The number of nitrogens with one attached hydrogen (secondary N) is 2. The van der Waals surface area contributed by atoms with Gasteiger partial charge in [0.25, 0.3) is 0 Å². The van der Waals surface area contributed by atoms with E-state index in [9.17, 15) is 9.90 Å². The largest absolute Gasteiger partial charge is 0.506 e. The predicted molar refractivity (Wildman–Crippen MR) is 60.2 cm³/mol. The molecule has 0 spiro atoms. The van der Waals surface area contributed by atoms with E-state index in [2.05, 4.69) is 10.6 Å². The zero-order valence-electron chi connectivity index (χ0n) is 8.17. The van der Waals surface area contributed by atoms with Gasteiger partial charge in [0.05, 0.1) is 16.4 Å². The summed E-state index contributed by atoms with van der Waals surface area (Å²) in [6, 6.07) is 2.26. The lowest BCUT2D eigenvalue weighted by atomic mass is 10.2. The van der Waals surface area contributed by atoms with E-state index < -0.39 is 6.03 Å². The maximum Gasteiger partial charge on any atom is 0.319 e. The van der Waals surface area contributed by atoms with Gasteiger partial charge in [0.2, 0.25) is 0 Å². The average molecular weight is 230 g/mol. The minimum Gasteiger partial charge on any atom is -0.506 e. The Bertz CT molecular complexity index is 382. The van der Waals surface area contributed by atoms with Crippen LogP contribution in [0, 0.1) is 0 Å². The van der Waals surface area contributed by atoms with E-state index in [1.165, 1.54) is 12.1 Å². The van der Waals surface area contributed by atoms with Crippen molar-refractivity contribution in [1.82, 2.24) is 5.32 Å². The van der Waals surface area contributed by atoms with Gasteiger partial charge in [-0.1, -0.05) is 11.6 Å². The SMILES string of the molecule is CCNC(=O)Nc1cc(Cl)c(N)cc1O. The van der Waals surface area contributed by atoms with Crippen molar-refractivity contribution < 1.29 is 9.90 Å². The van der Waals surface area contributed by atoms with Crippen molar-refractivity contribution in [3.8, 4) is 5.75 Å². The van der Waals surface area contributed by atoms with Crippen LogP contribution in [-0.4, -0.2) is 17.7 Å². The molecule has 0 aliphatic heterocycles. The summed E-state index contributed by atoms with van der Waals surface area (Å²) in [4.78, 5) is 11.2. The summed E-state index contributed by atoms with van der Waals surface area (Å²) in [5.74, 6) is -0.122. The fourth-order valence-electron chi connectivity index (χ4n) is 1.01. The van der Waals surface area contributed by atoms with Crippen molar-refractivity contribution in [3.05, 3.63) is 17.2 Å². The minimum absolute atomic E-state index is 0.122. The average Bonchev–Trinajstić information content (AvgIpc) is 2.14. The van der Waals surface area contributed by atoms with Crippen LogP contribution in [0.1, 0.15) is 6.92 Å². The van der Waals surface area contributed by atoms with Crippen LogP contribution in [0.5, 0.6) is 5.75 Å². The molecule has 0 saturated carbocycles. The van der Waals surface area contributed by atoms with Crippen LogP contribution in [0.3, 0.4) is 0 Å². The molecule has 1 rings (SSSR count). The summed E-state index contributed by atoms with van der Waals surface area (Å²) in [5, 5.41) is 14.7. The number of urea groups is 1. The summed E-state index contributed by atoms with van der Waals surface area (Å²) in [5.41, 5.74) is 5.94. The number of phenols is 1. The van der Waals surface area contributed by atoms with Crippen LogP contribution in [0.25, 0.3) is 0 Å². The Morgan fingerprint density at radius 1 is 1.60 bits per heavy atom. The Balaban J connectivity index is 2.86. The second-order valence-corrected chi connectivity index (χ2v) is 3.28. The first-order valence-corrected chi connectivity index (χ1v) is 4.75. The summed E-state index contributed by atoms with van der Waals surface area (Å²) in [7, 11) is 0. The van der Waals surface area contributed by atoms with Gasteiger partial charge in [0, 0.05) is 12.6 Å². The van der Waals surface area contributed by atoms with E-state index in [1.54, 1.807) is 6.92 Å². The van der Waals surface area contributed by atoms with Crippen molar-refractivity contribution in [3.63, 3.8) is 0 Å². The highest BCUT2D eigenvalue weighted by molar-refractivity contribution is 6.33. The van der Waals surface area contributed by atoms with Crippen molar-refractivity contribution in [2.24, 2.45) is 0 Å². The molecule has 0 aliphatic carbocycles. The number of benzene rings is 1. The monoisotopic (exact) mass is 229 g/mol. The lowest BCUT2D eigenvalue weighted by molar-refractivity contribution is 0.252. The molecule has 1 aromatic carbocycles. The number of amides is 2. The molecular formula is C9H12ClN3O2. The van der Waals surface area contributed by atoms with Gasteiger partial charge in [-0.15, -0.1) is 0 Å². The Morgan fingerprint density at radius 3 is 2.87 bits per heavy atom. The molecule has 1 aromatic rings. The molecular weight excluding hydrogens is 218 g/mol. The number of phenolic OH excluding ortho intramolecular Hbond substituents is 1. The van der Waals surface area contributed by atoms with Gasteiger partial charge < -0.3 is 21.5 Å². The smallest absolute Gasteiger partial charge is 0.319 e. The highest BCUT2D eigenvalue weighted by Crippen LogP contribution is 2.31. The number of halogens is 1. The summed E-state index contributed by atoms with van der Waals surface area (Å²) < 4.78 is 0. The summed E-state index contributed by atoms with van der Waals surface area (Å²) >= 11 is 5.74. The molecule has 0 atom stereocenters. The molecule has 15 heavy (non-hydrogen) atoms. The van der Waals surface area contributed by atoms with Gasteiger partial charge in [-0.3, -0.25) is 0 Å². The van der Waals surface area contributed by atoms with E-state index in [0.717, 1.165) is 0 Å². The number of nitrogen functional groups attached to an aromatic ring is 1. The number of nitrogens with two attached hydrogens (primary N) is 1. The fraction of sp³-hybridized carbons (Fsp3) is 0.222. The molecule has 5 nitrogen and oxygen atoms in total. The van der Waals surface area contributed by atoms with E-state index in [4.69, 9.17) is 17.3 Å². The molecule has 0 fully saturated rings. The number of aromatic hydroxyl groups is 1. The first-order chi connectivity index (χ1) is 7.04. The van der Waals surface area contributed by atoms with Crippen LogP contribution >= 0.6 is 11.6 Å². The van der Waals surface area contributed by atoms with Gasteiger partial charge in [-0.05, 0) is 13.0 Å². The third kappa shape index (κ3) is 2.92. The van der Waals surface area contributed by atoms with Gasteiger partial charge in [0.1, 0.15) is 5.75 Å². The molecule has 0 heterocycles. The van der Waals surface area contributed by atoms with Crippen molar-refractivity contribution in [2.75, 3.05) is 17.6 Å². The van der Waals surface area contributed by atoms with Gasteiger partial charge in [0.15, 0.2) is 0 Å². The summed E-state index contributed by atoms with van der Waals surface area (Å²) in [6.45, 7) is 2.28. The number of carbonyl (C=O) groups excluding carboxylic acids is 1. The van der Waals surface area contributed by atoms with E-state index >= 15 is 0 Å². The molecule has 5 N–H and O–H groups in total. The van der Waals surface area contributed by atoms with Crippen LogP contribution < -0.4 is 16.4 Å². The zero-order valence-corrected chi connectivity index (χ0v) is 8.93. The second-order valence-electron chi connectivity index (χ2n) is 2.88. The summed E-state index contributed by atoms with van der Waals surface area (Å²) in [6.07, 6.45) is 0. The number of rotatable bonds is 2. The molecule has 0 aliphatic rings. The van der Waals surface area contributed by atoms with Crippen molar-refractivity contribution in [2.45, 2.75) is 6.92 Å². The van der Waals surface area contributed by atoms with Crippen molar-refractivity contribution in [1.29, 1.82) is 0 Å². The van der Waals surface area contributed by atoms with E-state index in [1.807, 2.05) is 0 Å². The van der Waals surface area contributed by atoms with Crippen LogP contribution in [0.2, 0.25) is 5.02 Å². The molecule has 0 radical (unpaired) electrons. The number of carbonyl (C=O) groups is 1. The Kier molecular flexibility index (Phi) is 3.62. The van der Waals surface area contributed by atoms with Crippen LogP contribution in [-0.2, 0) is 0 Å². The lowest BCUT2D eigenvalue weighted by Crippen LogP contribution is -2.28. The Hall–Kier alpha value is -1.62.